The van der Waals surface area contributed by atoms with Gasteiger partial charge in [-0.15, -0.1) is 0 Å². The lowest BCUT2D eigenvalue weighted by Gasteiger charge is -2.21. The van der Waals surface area contributed by atoms with Gasteiger partial charge >= 0.3 is 5.97 Å². The molecule has 0 amide bonds. The second-order valence-electron chi connectivity index (χ2n) is 7.25. The van der Waals surface area contributed by atoms with Gasteiger partial charge in [-0.05, 0) is 42.7 Å². The number of carbonyl (C=O) groups excluding carboxylic acids is 1. The van der Waals surface area contributed by atoms with Gasteiger partial charge in [0.1, 0.15) is 22.3 Å². The van der Waals surface area contributed by atoms with E-state index in [1.165, 1.54) is 7.11 Å². The molecule has 0 atom stereocenters. The summed E-state index contributed by atoms with van der Waals surface area (Å²) in [4.78, 5) is 23.0. The molecule has 0 spiro atoms. The summed E-state index contributed by atoms with van der Waals surface area (Å²) < 4.78 is 10.8. The van der Waals surface area contributed by atoms with Crippen molar-refractivity contribution in [1.82, 2.24) is 9.97 Å². The van der Waals surface area contributed by atoms with E-state index in [0.717, 1.165) is 29.9 Å². The Labute approximate surface area is 180 Å². The molecule has 1 heterocycles. The van der Waals surface area contributed by atoms with Crippen LogP contribution in [0.1, 0.15) is 40.6 Å². The highest BCUT2D eigenvalue weighted by Crippen LogP contribution is 2.40. The van der Waals surface area contributed by atoms with Crippen molar-refractivity contribution in [3.63, 3.8) is 0 Å². The first kappa shape index (κ1) is 20.2. The van der Waals surface area contributed by atoms with Crippen LogP contribution in [-0.2, 0) is 11.3 Å². The van der Waals surface area contributed by atoms with Gasteiger partial charge in [-0.25, -0.2) is 14.8 Å². The van der Waals surface area contributed by atoms with Crippen LogP contribution in [0.15, 0.2) is 54.6 Å². The van der Waals surface area contributed by atoms with Crippen molar-refractivity contribution in [1.29, 1.82) is 0 Å². The van der Waals surface area contributed by atoms with Crippen molar-refractivity contribution in [3.8, 4) is 11.5 Å². The van der Waals surface area contributed by atoms with Crippen LogP contribution in [0.5, 0.6) is 11.5 Å². The second-order valence-corrected chi connectivity index (χ2v) is 7.63. The van der Waals surface area contributed by atoms with E-state index in [4.69, 9.17) is 21.1 Å². The molecular formula is C23H22ClN3O3. The number of carbonyl (C=O) groups is 1. The number of aromatic nitrogens is 2. The normalized spacial score (nSPS) is 13.0. The number of nitrogens with zero attached hydrogens (tertiary/aromatic N) is 3. The van der Waals surface area contributed by atoms with Gasteiger partial charge < -0.3 is 14.4 Å². The van der Waals surface area contributed by atoms with Crippen molar-refractivity contribution in [3.05, 3.63) is 76.7 Å². The topological polar surface area (TPSA) is 64.5 Å². The summed E-state index contributed by atoms with van der Waals surface area (Å²) in [5.74, 6) is 2.40. The molecule has 0 saturated heterocycles. The number of rotatable bonds is 7. The zero-order chi connectivity index (χ0) is 21.1. The van der Waals surface area contributed by atoms with Gasteiger partial charge in [0.15, 0.2) is 11.5 Å². The van der Waals surface area contributed by atoms with Gasteiger partial charge in [0.2, 0.25) is 0 Å². The smallest absolute Gasteiger partial charge is 0.358 e. The zero-order valence-corrected chi connectivity index (χ0v) is 17.6. The molecule has 3 aromatic rings. The molecule has 0 bridgehead atoms. The molecule has 30 heavy (non-hydrogen) atoms. The molecule has 0 radical (unpaired) electrons. The molecule has 1 saturated carbocycles. The van der Waals surface area contributed by atoms with Gasteiger partial charge in [0, 0.05) is 19.5 Å². The number of anilines is 1. The maximum Gasteiger partial charge on any atom is 0.358 e. The fourth-order valence-corrected chi connectivity index (χ4v) is 3.45. The number of benzene rings is 2. The van der Waals surface area contributed by atoms with E-state index < -0.39 is 5.97 Å². The maximum absolute atomic E-state index is 12.1. The molecule has 154 valence electrons. The molecule has 1 aliphatic rings. The van der Waals surface area contributed by atoms with Crippen LogP contribution in [0.4, 0.5) is 5.82 Å². The minimum Gasteiger partial charge on any atom is -0.464 e. The highest BCUT2D eigenvalue weighted by Gasteiger charge is 2.31. The monoisotopic (exact) mass is 423 g/mol. The minimum absolute atomic E-state index is 0.110. The zero-order valence-electron chi connectivity index (χ0n) is 16.8. The third-order valence-electron chi connectivity index (χ3n) is 4.83. The Morgan fingerprint density at radius 2 is 1.83 bits per heavy atom. The average Bonchev–Trinajstić information content (AvgIpc) is 3.60. The van der Waals surface area contributed by atoms with Crippen LogP contribution in [-0.4, -0.2) is 30.1 Å². The van der Waals surface area contributed by atoms with E-state index in [1.807, 2.05) is 66.5 Å². The lowest BCUT2D eigenvalue weighted by atomic mass is 10.2. The van der Waals surface area contributed by atoms with Gasteiger partial charge in [0.05, 0.1) is 7.11 Å². The third-order valence-corrected chi connectivity index (χ3v) is 5.18. The molecule has 6 nitrogen and oxygen atoms in total. The van der Waals surface area contributed by atoms with Crippen LogP contribution in [0.25, 0.3) is 0 Å². The molecule has 1 aromatic heterocycles. The fraction of sp³-hybridized carbons (Fsp3) is 0.261. The van der Waals surface area contributed by atoms with Crippen molar-refractivity contribution < 1.29 is 14.3 Å². The number of halogens is 1. The summed E-state index contributed by atoms with van der Waals surface area (Å²) in [7, 11) is 3.20. The average molecular weight is 424 g/mol. The number of para-hydroxylation sites is 1. The van der Waals surface area contributed by atoms with E-state index in [-0.39, 0.29) is 16.6 Å². The first-order valence-electron chi connectivity index (χ1n) is 9.74. The molecule has 1 fully saturated rings. The Hall–Kier alpha value is -3.12. The molecular weight excluding hydrogens is 402 g/mol. The van der Waals surface area contributed by atoms with Crippen molar-refractivity contribution in [2.45, 2.75) is 25.3 Å². The number of ether oxygens (including phenoxy) is 2. The Balaban J connectivity index is 1.58. The summed E-state index contributed by atoms with van der Waals surface area (Å²) in [6, 6.07) is 17.5. The van der Waals surface area contributed by atoms with Crippen molar-refractivity contribution in [2.75, 3.05) is 19.1 Å². The number of methoxy groups -OCH3 is 1. The molecule has 0 aliphatic heterocycles. The second kappa shape index (κ2) is 8.71. The van der Waals surface area contributed by atoms with Crippen molar-refractivity contribution >= 4 is 23.4 Å². The Morgan fingerprint density at radius 1 is 1.10 bits per heavy atom. The Kier molecular flexibility index (Phi) is 5.86. The largest absolute Gasteiger partial charge is 0.464 e. The van der Waals surface area contributed by atoms with Gasteiger partial charge in [-0.1, -0.05) is 41.9 Å². The lowest BCUT2D eigenvalue weighted by molar-refractivity contribution is 0.0593. The first-order chi connectivity index (χ1) is 14.5. The SMILES string of the molecule is COC(=O)c1nc(C2CC2)nc(N(C)Cc2cccc(Oc3ccccc3)c2)c1Cl. The Bertz CT molecular complexity index is 1050. The summed E-state index contributed by atoms with van der Waals surface area (Å²) in [5.41, 5.74) is 1.13. The summed E-state index contributed by atoms with van der Waals surface area (Å²) in [6.07, 6.45) is 2.04. The third kappa shape index (κ3) is 4.54. The van der Waals surface area contributed by atoms with Gasteiger partial charge in [-0.3, -0.25) is 0 Å². The van der Waals surface area contributed by atoms with Crippen LogP contribution in [0.2, 0.25) is 5.02 Å². The summed E-state index contributed by atoms with van der Waals surface area (Å²) in [5, 5.41) is 0.199. The number of hydrogen-bond acceptors (Lipinski definition) is 6. The summed E-state index contributed by atoms with van der Waals surface area (Å²) >= 11 is 6.49. The lowest BCUT2D eigenvalue weighted by Crippen LogP contribution is -2.21. The number of esters is 1. The minimum atomic E-state index is -0.558. The first-order valence-corrected chi connectivity index (χ1v) is 10.1. The molecule has 0 N–H and O–H groups in total. The van der Waals surface area contributed by atoms with Gasteiger partial charge in [-0.2, -0.15) is 0 Å². The van der Waals surface area contributed by atoms with Crippen LogP contribution < -0.4 is 9.64 Å². The molecule has 1 aliphatic carbocycles. The molecule has 4 rings (SSSR count). The van der Waals surface area contributed by atoms with E-state index >= 15 is 0 Å². The number of hydrogen-bond donors (Lipinski definition) is 0. The molecule has 0 unspecified atom stereocenters. The van der Waals surface area contributed by atoms with Crippen LogP contribution in [0.3, 0.4) is 0 Å². The van der Waals surface area contributed by atoms with Gasteiger partial charge in [0.25, 0.3) is 0 Å². The predicted molar refractivity (Wildman–Crippen MR) is 115 cm³/mol. The fourth-order valence-electron chi connectivity index (χ4n) is 3.14. The van der Waals surface area contributed by atoms with Crippen LogP contribution in [0, 0.1) is 0 Å². The van der Waals surface area contributed by atoms with E-state index in [1.54, 1.807) is 0 Å². The summed E-state index contributed by atoms with van der Waals surface area (Å²) in [6.45, 7) is 0.535. The van der Waals surface area contributed by atoms with E-state index in [9.17, 15) is 4.79 Å². The standard InChI is InChI=1S/C23H22ClN3O3/c1-27(14-15-7-6-10-18(13-15)30-17-8-4-3-5-9-17)22-19(24)20(23(28)29-2)25-21(26-22)16-11-12-16/h3-10,13,16H,11-12,14H2,1-2H3. The molecule has 2 aromatic carbocycles. The highest BCUT2D eigenvalue weighted by atomic mass is 35.5. The molecule has 7 heteroatoms. The maximum atomic E-state index is 12.1. The van der Waals surface area contributed by atoms with Crippen LogP contribution >= 0.6 is 11.6 Å². The van der Waals surface area contributed by atoms with Crippen molar-refractivity contribution in [2.24, 2.45) is 0 Å². The van der Waals surface area contributed by atoms with E-state index in [0.29, 0.717) is 18.2 Å². The Morgan fingerprint density at radius 3 is 2.53 bits per heavy atom. The predicted octanol–water partition coefficient (Wildman–Crippen LogP) is 5.22. The highest BCUT2D eigenvalue weighted by molar-refractivity contribution is 6.35. The quantitative estimate of drug-likeness (QED) is 0.485. The van der Waals surface area contributed by atoms with E-state index in [2.05, 4.69) is 9.97 Å².